The van der Waals surface area contributed by atoms with Gasteiger partial charge < -0.3 is 9.84 Å². The second-order valence-corrected chi connectivity index (χ2v) is 7.76. The van der Waals surface area contributed by atoms with Crippen molar-refractivity contribution >= 4 is 10.0 Å². The van der Waals surface area contributed by atoms with Crippen molar-refractivity contribution in [2.45, 2.75) is 37.9 Å². The first-order valence-corrected chi connectivity index (χ1v) is 8.15. The van der Waals surface area contributed by atoms with Gasteiger partial charge in [-0.2, -0.15) is 4.31 Å². The van der Waals surface area contributed by atoms with Crippen molar-refractivity contribution in [2.75, 3.05) is 19.7 Å². The number of hydrogen-bond donors (Lipinski definition) is 1. The van der Waals surface area contributed by atoms with Gasteiger partial charge in [-0.15, -0.1) is 0 Å². The fraction of sp³-hybridized carbons (Fsp3) is 0.571. The van der Waals surface area contributed by atoms with Crippen molar-refractivity contribution in [3.05, 3.63) is 29.1 Å². The molecule has 0 bridgehead atoms. The summed E-state index contributed by atoms with van der Waals surface area (Å²) in [6.45, 7) is 5.41. The van der Waals surface area contributed by atoms with Crippen molar-refractivity contribution < 1.29 is 22.7 Å². The van der Waals surface area contributed by atoms with Crippen molar-refractivity contribution in [1.29, 1.82) is 0 Å². The van der Waals surface area contributed by atoms with Crippen LogP contribution in [0.15, 0.2) is 17.0 Å². The summed E-state index contributed by atoms with van der Waals surface area (Å²) in [4.78, 5) is 0.00292. The van der Waals surface area contributed by atoms with E-state index in [4.69, 9.17) is 9.84 Å². The first kappa shape index (κ1) is 16.4. The molecule has 1 saturated heterocycles. The van der Waals surface area contributed by atoms with Gasteiger partial charge in [0.25, 0.3) is 0 Å². The highest BCUT2D eigenvalue weighted by molar-refractivity contribution is 7.89. The maximum atomic E-state index is 13.7. The van der Waals surface area contributed by atoms with Crippen molar-refractivity contribution in [2.24, 2.45) is 0 Å². The number of rotatable bonds is 3. The van der Waals surface area contributed by atoms with Crippen molar-refractivity contribution in [1.82, 2.24) is 4.31 Å². The summed E-state index contributed by atoms with van der Waals surface area (Å²) in [6, 6.07) is 2.49. The van der Waals surface area contributed by atoms with Crippen LogP contribution in [0.1, 0.15) is 25.0 Å². The zero-order valence-electron chi connectivity index (χ0n) is 12.4. The molecule has 1 aliphatic heterocycles. The number of ether oxygens (including phenoxy) is 1. The van der Waals surface area contributed by atoms with Crippen LogP contribution < -0.4 is 0 Å². The third-order valence-corrected chi connectivity index (χ3v) is 5.33. The molecule has 2 rings (SSSR count). The van der Waals surface area contributed by atoms with Gasteiger partial charge in [-0.3, -0.25) is 0 Å². The Balaban J connectivity index is 2.42. The predicted octanol–water partition coefficient (Wildman–Crippen LogP) is 1.43. The van der Waals surface area contributed by atoms with Gasteiger partial charge in [0, 0.05) is 18.7 Å². The molecule has 0 amide bonds. The molecule has 0 radical (unpaired) electrons. The Labute approximate surface area is 124 Å². The number of hydrogen-bond acceptors (Lipinski definition) is 4. The average Bonchev–Trinajstić information content (AvgIpc) is 2.40. The number of halogens is 1. The van der Waals surface area contributed by atoms with Crippen LogP contribution in [0.5, 0.6) is 0 Å². The van der Waals surface area contributed by atoms with Gasteiger partial charge in [-0.25, -0.2) is 12.8 Å². The molecule has 1 fully saturated rings. The van der Waals surface area contributed by atoms with Crippen LogP contribution in [0.4, 0.5) is 4.39 Å². The standard InChI is InChI=1S/C14H20FNO4S/c1-10-6-12(7-11(8-17)13(10)15)21(18,19)16-4-5-20-14(2,3)9-16/h6-7,17H,4-5,8-9H2,1-3H3. The number of benzene rings is 1. The molecular formula is C14H20FNO4S. The van der Waals surface area contributed by atoms with Crippen LogP contribution in [-0.2, 0) is 21.4 Å². The molecule has 21 heavy (non-hydrogen) atoms. The minimum Gasteiger partial charge on any atom is -0.392 e. The lowest BCUT2D eigenvalue weighted by molar-refractivity contribution is -0.0640. The first-order valence-electron chi connectivity index (χ1n) is 6.71. The topological polar surface area (TPSA) is 66.8 Å². The molecule has 1 aromatic carbocycles. The summed E-state index contributed by atoms with van der Waals surface area (Å²) >= 11 is 0. The van der Waals surface area contributed by atoms with E-state index in [1.807, 2.05) is 13.8 Å². The van der Waals surface area contributed by atoms with E-state index < -0.39 is 28.0 Å². The maximum absolute atomic E-state index is 13.7. The van der Waals surface area contributed by atoms with Crippen LogP contribution in [0.3, 0.4) is 0 Å². The third kappa shape index (κ3) is 3.26. The Bertz CT molecular complexity index is 643. The van der Waals surface area contributed by atoms with E-state index in [1.54, 1.807) is 0 Å². The zero-order valence-corrected chi connectivity index (χ0v) is 13.2. The Morgan fingerprint density at radius 2 is 2.10 bits per heavy atom. The van der Waals surface area contributed by atoms with Gasteiger partial charge in [0.15, 0.2) is 0 Å². The fourth-order valence-corrected chi connectivity index (χ4v) is 4.11. The lowest BCUT2D eigenvalue weighted by atomic mass is 10.1. The molecule has 1 N–H and O–H groups in total. The SMILES string of the molecule is Cc1cc(S(=O)(=O)N2CCOC(C)(C)C2)cc(CO)c1F. The number of morpholine rings is 1. The summed E-state index contributed by atoms with van der Waals surface area (Å²) in [5.74, 6) is -0.571. The van der Waals surface area contributed by atoms with Gasteiger partial charge in [0.05, 0.1) is 23.7 Å². The van der Waals surface area contributed by atoms with Gasteiger partial charge in [0.2, 0.25) is 10.0 Å². The molecule has 118 valence electrons. The molecule has 0 aromatic heterocycles. The minimum absolute atomic E-state index is 0.00292. The van der Waals surface area contributed by atoms with Crippen LogP contribution in [0.25, 0.3) is 0 Å². The molecule has 0 unspecified atom stereocenters. The zero-order chi connectivity index (χ0) is 15.8. The highest BCUT2D eigenvalue weighted by Gasteiger charge is 2.35. The second kappa shape index (κ2) is 5.64. The molecule has 1 aromatic rings. The van der Waals surface area contributed by atoms with E-state index in [1.165, 1.54) is 23.4 Å². The lowest BCUT2D eigenvalue weighted by Gasteiger charge is -2.37. The van der Waals surface area contributed by atoms with Crippen LogP contribution in [-0.4, -0.2) is 43.1 Å². The molecule has 1 heterocycles. The molecule has 0 spiro atoms. The molecule has 0 atom stereocenters. The minimum atomic E-state index is -3.73. The summed E-state index contributed by atoms with van der Waals surface area (Å²) < 4.78 is 45.9. The highest BCUT2D eigenvalue weighted by Crippen LogP contribution is 2.26. The number of aryl methyl sites for hydroxylation is 1. The number of sulfonamides is 1. The van der Waals surface area contributed by atoms with E-state index in [0.717, 1.165) is 0 Å². The Morgan fingerprint density at radius 3 is 2.67 bits per heavy atom. The third-order valence-electron chi connectivity index (χ3n) is 3.50. The van der Waals surface area contributed by atoms with Crippen LogP contribution >= 0.6 is 0 Å². The van der Waals surface area contributed by atoms with E-state index in [0.29, 0.717) is 6.61 Å². The van der Waals surface area contributed by atoms with E-state index in [2.05, 4.69) is 0 Å². The normalized spacial score (nSPS) is 19.7. The number of aliphatic hydroxyl groups is 1. The van der Waals surface area contributed by atoms with Crippen LogP contribution in [0.2, 0.25) is 0 Å². The fourth-order valence-electron chi connectivity index (χ4n) is 2.40. The summed E-state index contributed by atoms with van der Waals surface area (Å²) in [5, 5.41) is 9.16. The molecule has 0 saturated carbocycles. The summed E-state index contributed by atoms with van der Waals surface area (Å²) in [6.07, 6.45) is 0. The molecule has 1 aliphatic rings. The van der Waals surface area contributed by atoms with E-state index in [-0.39, 0.29) is 29.1 Å². The monoisotopic (exact) mass is 317 g/mol. The first-order chi connectivity index (χ1) is 9.67. The second-order valence-electron chi connectivity index (χ2n) is 5.82. The predicted molar refractivity (Wildman–Crippen MR) is 75.8 cm³/mol. The molecule has 0 aliphatic carbocycles. The smallest absolute Gasteiger partial charge is 0.243 e. The summed E-state index contributed by atoms with van der Waals surface area (Å²) in [7, 11) is -3.73. The number of nitrogens with zero attached hydrogens (tertiary/aromatic N) is 1. The largest absolute Gasteiger partial charge is 0.392 e. The Kier molecular flexibility index (Phi) is 4.39. The Hall–Kier alpha value is -1.02. The lowest BCUT2D eigenvalue weighted by Crippen LogP contribution is -2.50. The van der Waals surface area contributed by atoms with Crippen LogP contribution in [0, 0.1) is 12.7 Å². The number of aliphatic hydroxyl groups excluding tert-OH is 1. The van der Waals surface area contributed by atoms with E-state index in [9.17, 15) is 12.8 Å². The average molecular weight is 317 g/mol. The maximum Gasteiger partial charge on any atom is 0.243 e. The van der Waals surface area contributed by atoms with Crippen molar-refractivity contribution in [3.8, 4) is 0 Å². The molecule has 5 nitrogen and oxygen atoms in total. The Morgan fingerprint density at radius 1 is 1.43 bits per heavy atom. The molecule has 7 heteroatoms. The highest BCUT2D eigenvalue weighted by atomic mass is 32.2. The van der Waals surface area contributed by atoms with Gasteiger partial charge in [-0.1, -0.05) is 0 Å². The van der Waals surface area contributed by atoms with Gasteiger partial charge in [0.1, 0.15) is 5.82 Å². The summed E-state index contributed by atoms with van der Waals surface area (Å²) in [5.41, 5.74) is -0.367. The quantitative estimate of drug-likeness (QED) is 0.916. The van der Waals surface area contributed by atoms with Gasteiger partial charge >= 0.3 is 0 Å². The van der Waals surface area contributed by atoms with Gasteiger partial charge in [-0.05, 0) is 38.5 Å². The molecular weight excluding hydrogens is 297 g/mol. The van der Waals surface area contributed by atoms with Crippen molar-refractivity contribution in [3.63, 3.8) is 0 Å². The van der Waals surface area contributed by atoms with E-state index >= 15 is 0 Å².